The third-order valence-electron chi connectivity index (χ3n) is 1.69. The summed E-state index contributed by atoms with van der Waals surface area (Å²) in [6, 6.07) is 2.85. The molecule has 70 valence electrons. The standard InChI is InChI=1S/C9H6N2O3/c12-9(13)6-1-2-11-7(3-6)8-4-10-5-14-8/h1-5H,(H,12,13). The van der Waals surface area contributed by atoms with E-state index in [4.69, 9.17) is 9.52 Å². The zero-order valence-electron chi connectivity index (χ0n) is 7.04. The maximum atomic E-state index is 10.6. The highest BCUT2D eigenvalue weighted by molar-refractivity contribution is 5.88. The summed E-state index contributed by atoms with van der Waals surface area (Å²) in [5.74, 6) is -0.540. The van der Waals surface area contributed by atoms with Gasteiger partial charge in [0.15, 0.2) is 12.2 Å². The Labute approximate surface area is 79.0 Å². The number of aromatic nitrogens is 2. The van der Waals surface area contributed by atoms with Crippen molar-refractivity contribution in [3.63, 3.8) is 0 Å². The quantitative estimate of drug-likeness (QED) is 0.775. The second-order valence-electron chi connectivity index (χ2n) is 2.60. The third-order valence-corrected chi connectivity index (χ3v) is 1.69. The fourth-order valence-electron chi connectivity index (χ4n) is 1.04. The lowest BCUT2D eigenvalue weighted by molar-refractivity contribution is 0.0697. The van der Waals surface area contributed by atoms with Gasteiger partial charge in [-0.3, -0.25) is 4.98 Å². The van der Waals surface area contributed by atoms with Crippen LogP contribution >= 0.6 is 0 Å². The Morgan fingerprint density at radius 3 is 3.00 bits per heavy atom. The van der Waals surface area contributed by atoms with Gasteiger partial charge in [0, 0.05) is 6.20 Å². The van der Waals surface area contributed by atoms with E-state index in [0.717, 1.165) is 0 Å². The van der Waals surface area contributed by atoms with Gasteiger partial charge in [-0.15, -0.1) is 0 Å². The summed E-state index contributed by atoms with van der Waals surface area (Å²) in [4.78, 5) is 18.3. The summed E-state index contributed by atoms with van der Waals surface area (Å²) in [5, 5.41) is 8.73. The molecule has 5 nitrogen and oxygen atoms in total. The smallest absolute Gasteiger partial charge is 0.335 e. The van der Waals surface area contributed by atoms with Crippen molar-refractivity contribution in [2.45, 2.75) is 0 Å². The van der Waals surface area contributed by atoms with E-state index in [1.807, 2.05) is 0 Å². The van der Waals surface area contributed by atoms with E-state index in [1.165, 1.54) is 30.9 Å². The van der Waals surface area contributed by atoms with E-state index in [1.54, 1.807) is 0 Å². The Kier molecular flexibility index (Phi) is 1.98. The highest BCUT2D eigenvalue weighted by Gasteiger charge is 2.07. The Balaban J connectivity index is 2.46. The van der Waals surface area contributed by atoms with Gasteiger partial charge in [-0.2, -0.15) is 0 Å². The van der Waals surface area contributed by atoms with Crippen molar-refractivity contribution < 1.29 is 14.3 Å². The lowest BCUT2D eigenvalue weighted by Crippen LogP contribution is -1.96. The van der Waals surface area contributed by atoms with Gasteiger partial charge in [0.25, 0.3) is 0 Å². The molecule has 2 aromatic rings. The number of nitrogens with zero attached hydrogens (tertiary/aromatic N) is 2. The first-order chi connectivity index (χ1) is 6.77. The van der Waals surface area contributed by atoms with Crippen molar-refractivity contribution in [1.82, 2.24) is 9.97 Å². The summed E-state index contributed by atoms with van der Waals surface area (Å²) < 4.78 is 4.99. The maximum Gasteiger partial charge on any atom is 0.335 e. The number of hydrogen-bond donors (Lipinski definition) is 1. The van der Waals surface area contributed by atoms with Gasteiger partial charge >= 0.3 is 5.97 Å². The highest BCUT2D eigenvalue weighted by Crippen LogP contribution is 2.16. The average Bonchev–Trinajstić information content (AvgIpc) is 2.71. The van der Waals surface area contributed by atoms with Crippen molar-refractivity contribution in [1.29, 1.82) is 0 Å². The number of carboxylic acid groups (broad SMARTS) is 1. The van der Waals surface area contributed by atoms with Crippen LogP contribution in [0.4, 0.5) is 0 Å². The second-order valence-corrected chi connectivity index (χ2v) is 2.60. The van der Waals surface area contributed by atoms with Crippen molar-refractivity contribution in [2.24, 2.45) is 0 Å². The van der Waals surface area contributed by atoms with Crippen LogP contribution in [-0.4, -0.2) is 21.0 Å². The minimum absolute atomic E-state index is 0.173. The van der Waals surface area contributed by atoms with E-state index < -0.39 is 5.97 Å². The first kappa shape index (κ1) is 8.43. The van der Waals surface area contributed by atoms with E-state index in [9.17, 15) is 4.79 Å². The fraction of sp³-hybridized carbons (Fsp3) is 0. The van der Waals surface area contributed by atoms with Crippen LogP contribution < -0.4 is 0 Å². The van der Waals surface area contributed by atoms with Gasteiger partial charge in [-0.25, -0.2) is 9.78 Å². The topological polar surface area (TPSA) is 76.2 Å². The molecule has 1 N–H and O–H groups in total. The number of carboxylic acids is 1. The zero-order valence-corrected chi connectivity index (χ0v) is 7.04. The Morgan fingerprint density at radius 2 is 2.36 bits per heavy atom. The molecule has 0 aliphatic carbocycles. The minimum atomic E-state index is -0.992. The molecule has 0 saturated carbocycles. The van der Waals surface area contributed by atoms with Crippen molar-refractivity contribution in [3.8, 4) is 11.5 Å². The van der Waals surface area contributed by atoms with E-state index >= 15 is 0 Å². The van der Waals surface area contributed by atoms with Gasteiger partial charge in [0.2, 0.25) is 0 Å². The van der Waals surface area contributed by atoms with E-state index in [2.05, 4.69) is 9.97 Å². The van der Waals surface area contributed by atoms with Gasteiger partial charge in [-0.05, 0) is 12.1 Å². The van der Waals surface area contributed by atoms with Crippen molar-refractivity contribution >= 4 is 5.97 Å². The van der Waals surface area contributed by atoms with Gasteiger partial charge in [-0.1, -0.05) is 0 Å². The number of oxazole rings is 1. The summed E-state index contributed by atoms with van der Waals surface area (Å²) in [5.41, 5.74) is 0.633. The molecule has 0 atom stereocenters. The number of pyridine rings is 1. The van der Waals surface area contributed by atoms with Gasteiger partial charge < -0.3 is 9.52 Å². The maximum absolute atomic E-state index is 10.6. The highest BCUT2D eigenvalue weighted by atomic mass is 16.4. The fourth-order valence-corrected chi connectivity index (χ4v) is 1.04. The normalized spacial score (nSPS) is 10.0. The summed E-state index contributed by atoms with van der Waals surface area (Å²) in [6.45, 7) is 0. The Hall–Kier alpha value is -2.17. The molecule has 2 rings (SSSR count). The van der Waals surface area contributed by atoms with Gasteiger partial charge in [0.1, 0.15) is 5.69 Å². The molecular weight excluding hydrogens is 184 g/mol. The molecule has 0 amide bonds. The van der Waals surface area contributed by atoms with Crippen LogP contribution in [0.2, 0.25) is 0 Å². The molecule has 0 radical (unpaired) electrons. The van der Waals surface area contributed by atoms with Crippen LogP contribution in [0, 0.1) is 0 Å². The molecule has 2 heterocycles. The SMILES string of the molecule is O=C(O)c1ccnc(-c2cnco2)c1. The van der Waals surface area contributed by atoms with Crippen LogP contribution in [0.15, 0.2) is 35.3 Å². The van der Waals surface area contributed by atoms with E-state index in [-0.39, 0.29) is 5.56 Å². The Morgan fingerprint density at radius 1 is 1.50 bits per heavy atom. The zero-order chi connectivity index (χ0) is 9.97. The predicted molar refractivity (Wildman–Crippen MR) is 46.7 cm³/mol. The molecule has 5 heteroatoms. The van der Waals surface area contributed by atoms with Crippen molar-refractivity contribution in [3.05, 3.63) is 36.5 Å². The molecule has 0 aromatic carbocycles. The molecular formula is C9H6N2O3. The average molecular weight is 190 g/mol. The van der Waals surface area contributed by atoms with Crippen LogP contribution in [-0.2, 0) is 0 Å². The summed E-state index contributed by atoms with van der Waals surface area (Å²) in [7, 11) is 0. The molecule has 0 saturated heterocycles. The van der Waals surface area contributed by atoms with Crippen LogP contribution in [0.1, 0.15) is 10.4 Å². The molecule has 0 unspecified atom stereocenters. The number of aromatic carboxylic acids is 1. The molecule has 0 spiro atoms. The molecule has 0 fully saturated rings. The molecule has 14 heavy (non-hydrogen) atoms. The minimum Gasteiger partial charge on any atom is -0.478 e. The summed E-state index contributed by atoms with van der Waals surface area (Å²) in [6.07, 6.45) is 4.17. The van der Waals surface area contributed by atoms with Gasteiger partial charge in [0.05, 0.1) is 11.8 Å². The number of hydrogen-bond acceptors (Lipinski definition) is 4. The van der Waals surface area contributed by atoms with Crippen molar-refractivity contribution in [2.75, 3.05) is 0 Å². The molecule has 0 aliphatic heterocycles. The molecule has 0 bridgehead atoms. The first-order valence-electron chi connectivity index (χ1n) is 3.85. The van der Waals surface area contributed by atoms with E-state index in [0.29, 0.717) is 11.5 Å². The second kappa shape index (κ2) is 3.29. The third kappa shape index (κ3) is 1.47. The largest absolute Gasteiger partial charge is 0.478 e. The Bertz CT molecular complexity index is 451. The predicted octanol–water partition coefficient (Wildman–Crippen LogP) is 1.43. The first-order valence-corrected chi connectivity index (χ1v) is 3.85. The summed E-state index contributed by atoms with van der Waals surface area (Å²) >= 11 is 0. The molecule has 2 aromatic heterocycles. The van der Waals surface area contributed by atoms with Crippen LogP contribution in [0.5, 0.6) is 0 Å². The lowest BCUT2D eigenvalue weighted by atomic mass is 10.2. The van der Waals surface area contributed by atoms with Crippen LogP contribution in [0.3, 0.4) is 0 Å². The lowest BCUT2D eigenvalue weighted by Gasteiger charge is -1.96. The number of carbonyl (C=O) groups is 1. The monoisotopic (exact) mass is 190 g/mol. The molecule has 0 aliphatic rings. The van der Waals surface area contributed by atoms with Crippen LogP contribution in [0.25, 0.3) is 11.5 Å². The number of rotatable bonds is 2.